The lowest BCUT2D eigenvalue weighted by Gasteiger charge is -2.18. The zero-order valence-corrected chi connectivity index (χ0v) is 21.3. The quantitative estimate of drug-likeness (QED) is 0.197. The van der Waals surface area contributed by atoms with E-state index in [1.54, 1.807) is 18.5 Å². The lowest BCUT2D eigenvalue weighted by molar-refractivity contribution is -0.139. The van der Waals surface area contributed by atoms with E-state index in [-0.39, 0.29) is 12.2 Å². The second-order valence-corrected chi connectivity index (χ2v) is 9.26. The Morgan fingerprint density at radius 2 is 1.92 bits per heavy atom. The van der Waals surface area contributed by atoms with Gasteiger partial charge in [0.2, 0.25) is 11.7 Å². The molecule has 0 unspecified atom stereocenters. The van der Waals surface area contributed by atoms with Crippen LogP contribution in [-0.2, 0) is 17.6 Å². The van der Waals surface area contributed by atoms with Crippen molar-refractivity contribution in [3.8, 4) is 17.2 Å². The Labute approximate surface area is 218 Å². The predicted octanol–water partition coefficient (Wildman–Crippen LogP) is 5.10. The largest absolute Gasteiger partial charge is 0.493 e. The molecule has 0 spiro atoms. The summed E-state index contributed by atoms with van der Waals surface area (Å²) < 4.78 is 11.9. The molecule has 0 saturated heterocycles. The summed E-state index contributed by atoms with van der Waals surface area (Å²) in [6.07, 6.45) is 3.62. The molecular weight excluding hydrogens is 490 g/mol. The number of benzene rings is 2. The molecule has 2 N–H and O–H groups in total. The van der Waals surface area contributed by atoms with E-state index < -0.39 is 12.0 Å². The van der Waals surface area contributed by atoms with Crippen LogP contribution in [0.1, 0.15) is 33.7 Å². The van der Waals surface area contributed by atoms with Gasteiger partial charge in [0.1, 0.15) is 17.6 Å². The molecule has 9 heteroatoms. The number of oxazole rings is 1. The Morgan fingerprint density at radius 1 is 1.16 bits per heavy atom. The van der Waals surface area contributed by atoms with Crippen molar-refractivity contribution < 1.29 is 23.8 Å². The van der Waals surface area contributed by atoms with E-state index in [1.165, 1.54) is 17.4 Å². The summed E-state index contributed by atoms with van der Waals surface area (Å²) in [6.45, 7) is 3.89. The number of carboxylic acid groups (broad SMARTS) is 1. The predicted molar refractivity (Wildman–Crippen MR) is 141 cm³/mol. The number of para-hydroxylation sites is 1. The highest BCUT2D eigenvalue weighted by atomic mass is 32.1. The van der Waals surface area contributed by atoms with Crippen LogP contribution in [0.2, 0.25) is 0 Å². The Balaban J connectivity index is 1.39. The van der Waals surface area contributed by atoms with Gasteiger partial charge in [-0.3, -0.25) is 4.79 Å². The zero-order chi connectivity index (χ0) is 26.2. The highest BCUT2D eigenvalue weighted by Crippen LogP contribution is 2.23. The number of nitrogens with one attached hydrogen (secondary N) is 1. The molecule has 0 aliphatic carbocycles. The summed E-state index contributed by atoms with van der Waals surface area (Å²) in [5.41, 5.74) is 2.91. The van der Waals surface area contributed by atoms with Gasteiger partial charge in [0.25, 0.3) is 0 Å². The first-order valence-corrected chi connectivity index (χ1v) is 12.6. The number of allylic oxidation sites excluding steroid dienone is 2. The summed E-state index contributed by atoms with van der Waals surface area (Å²) in [6, 6.07) is 16.1. The molecule has 4 rings (SSSR count). The minimum Gasteiger partial charge on any atom is -0.493 e. The fourth-order valence-corrected chi connectivity index (χ4v) is 4.32. The lowest BCUT2D eigenvalue weighted by atomic mass is 10.0. The fraction of sp³-hybridized carbons (Fsp3) is 0.214. The summed E-state index contributed by atoms with van der Waals surface area (Å²) in [5, 5.41) is 14.8. The van der Waals surface area contributed by atoms with Crippen molar-refractivity contribution in [3.05, 3.63) is 100.0 Å². The number of aryl methyl sites for hydroxylation is 1. The SMILES string of the molecule is CC(=CC(=O)c1nccs1)N[C@@H](Cc1ccccc1OCCc1nc(-c2ccccc2)oc1C)C(=O)O. The lowest BCUT2D eigenvalue weighted by Crippen LogP contribution is -2.37. The number of carbonyl (C=O) groups is 2. The molecule has 8 nitrogen and oxygen atoms in total. The van der Waals surface area contributed by atoms with Gasteiger partial charge in [0.05, 0.1) is 12.3 Å². The normalized spacial score (nSPS) is 12.2. The number of hydrogen-bond donors (Lipinski definition) is 2. The smallest absolute Gasteiger partial charge is 0.326 e. The Morgan fingerprint density at radius 3 is 2.65 bits per heavy atom. The van der Waals surface area contributed by atoms with Crippen molar-refractivity contribution in [1.82, 2.24) is 15.3 Å². The third-order valence-electron chi connectivity index (χ3n) is 5.60. The van der Waals surface area contributed by atoms with Crippen molar-refractivity contribution >= 4 is 23.1 Å². The van der Waals surface area contributed by atoms with Crippen LogP contribution < -0.4 is 10.1 Å². The summed E-state index contributed by atoms with van der Waals surface area (Å²) in [7, 11) is 0. The molecule has 190 valence electrons. The maximum atomic E-state index is 12.3. The number of aliphatic carboxylic acids is 1. The van der Waals surface area contributed by atoms with E-state index in [0.29, 0.717) is 35.4 Å². The number of hydrogen-bond acceptors (Lipinski definition) is 8. The van der Waals surface area contributed by atoms with Crippen LogP contribution in [0.5, 0.6) is 5.75 Å². The highest BCUT2D eigenvalue weighted by Gasteiger charge is 2.21. The first-order chi connectivity index (χ1) is 17.9. The molecule has 37 heavy (non-hydrogen) atoms. The minimum absolute atomic E-state index is 0.170. The van der Waals surface area contributed by atoms with Crippen molar-refractivity contribution in [2.75, 3.05) is 6.61 Å². The third kappa shape index (κ3) is 6.92. The van der Waals surface area contributed by atoms with Crippen LogP contribution in [0.25, 0.3) is 11.5 Å². The van der Waals surface area contributed by atoms with Gasteiger partial charge >= 0.3 is 5.97 Å². The molecule has 2 aromatic heterocycles. The van der Waals surface area contributed by atoms with Crippen molar-refractivity contribution in [1.29, 1.82) is 0 Å². The molecule has 0 radical (unpaired) electrons. The van der Waals surface area contributed by atoms with Crippen LogP contribution in [0.3, 0.4) is 0 Å². The molecule has 0 aliphatic heterocycles. The van der Waals surface area contributed by atoms with Gasteiger partial charge in [-0.05, 0) is 37.6 Å². The van der Waals surface area contributed by atoms with Gasteiger partial charge in [0.15, 0.2) is 5.01 Å². The van der Waals surface area contributed by atoms with Crippen molar-refractivity contribution in [3.63, 3.8) is 0 Å². The number of carboxylic acids is 1. The minimum atomic E-state index is -1.03. The van der Waals surface area contributed by atoms with Crippen molar-refractivity contribution in [2.24, 2.45) is 0 Å². The second-order valence-electron chi connectivity index (χ2n) is 8.36. The van der Waals surface area contributed by atoms with E-state index in [1.807, 2.05) is 61.5 Å². The van der Waals surface area contributed by atoms with Crippen LogP contribution in [0.4, 0.5) is 0 Å². The maximum Gasteiger partial charge on any atom is 0.326 e. The molecule has 0 aliphatic rings. The summed E-state index contributed by atoms with van der Waals surface area (Å²) in [5.74, 6) is 0.601. The molecule has 0 fully saturated rings. The van der Waals surface area contributed by atoms with Crippen LogP contribution in [-0.4, -0.2) is 39.5 Å². The average Bonchev–Trinajstić information content (AvgIpc) is 3.56. The van der Waals surface area contributed by atoms with Crippen LogP contribution in [0.15, 0.2) is 82.4 Å². The van der Waals surface area contributed by atoms with E-state index in [2.05, 4.69) is 15.3 Å². The highest BCUT2D eigenvalue weighted by molar-refractivity contribution is 7.11. The average molecular weight is 518 g/mol. The van der Waals surface area contributed by atoms with Gasteiger partial charge in [0, 0.05) is 41.8 Å². The Kier molecular flexibility index (Phi) is 8.48. The topological polar surface area (TPSA) is 115 Å². The number of rotatable bonds is 12. The molecule has 2 aromatic carbocycles. The third-order valence-corrected chi connectivity index (χ3v) is 6.38. The first kappa shape index (κ1) is 25.8. The molecule has 0 bridgehead atoms. The number of thiazole rings is 1. The van der Waals surface area contributed by atoms with Gasteiger partial charge in [-0.2, -0.15) is 0 Å². The molecular formula is C28H27N3O5S. The summed E-state index contributed by atoms with van der Waals surface area (Å²) in [4.78, 5) is 32.8. The number of aromatic nitrogens is 2. The van der Waals surface area contributed by atoms with E-state index in [4.69, 9.17) is 9.15 Å². The van der Waals surface area contributed by atoms with E-state index >= 15 is 0 Å². The molecule has 4 aromatic rings. The standard InChI is InChI=1S/C28H27N3O5S/c1-18(16-24(32)27-29-13-15-37-27)30-23(28(33)34)17-21-10-6-7-11-25(21)35-14-12-22-19(2)36-26(31-22)20-8-4-3-5-9-20/h3-11,13,15-16,23,30H,12,14,17H2,1-2H3,(H,33,34)/t23-/m0/s1. The Bertz CT molecular complexity index is 1380. The molecule has 1 atom stereocenters. The van der Waals surface area contributed by atoms with E-state index in [0.717, 1.165) is 22.6 Å². The van der Waals surface area contributed by atoms with Crippen molar-refractivity contribution in [2.45, 2.75) is 32.7 Å². The van der Waals surface area contributed by atoms with Gasteiger partial charge in [-0.25, -0.2) is 14.8 Å². The summed E-state index contributed by atoms with van der Waals surface area (Å²) >= 11 is 1.23. The van der Waals surface area contributed by atoms with E-state index in [9.17, 15) is 14.7 Å². The fourth-order valence-electron chi connectivity index (χ4n) is 3.78. The monoisotopic (exact) mass is 517 g/mol. The second kappa shape index (κ2) is 12.1. The zero-order valence-electron chi connectivity index (χ0n) is 20.5. The van der Waals surface area contributed by atoms with Crippen LogP contribution in [0, 0.1) is 6.92 Å². The van der Waals surface area contributed by atoms with Gasteiger partial charge in [-0.15, -0.1) is 11.3 Å². The van der Waals surface area contributed by atoms with Crippen LogP contribution >= 0.6 is 11.3 Å². The van der Waals surface area contributed by atoms with Gasteiger partial charge in [-0.1, -0.05) is 36.4 Å². The number of ketones is 1. The number of nitrogens with zero attached hydrogens (tertiary/aromatic N) is 2. The molecule has 0 amide bonds. The Hall–Kier alpha value is -4.24. The molecule has 2 heterocycles. The number of carbonyl (C=O) groups excluding carboxylic acids is 1. The van der Waals surface area contributed by atoms with Gasteiger partial charge < -0.3 is 19.6 Å². The maximum absolute atomic E-state index is 12.3. The first-order valence-electron chi connectivity index (χ1n) is 11.7. The number of ether oxygens (including phenoxy) is 1. The molecule has 0 saturated carbocycles.